The minimum Gasteiger partial charge on any atom is -0.496 e. The van der Waals surface area contributed by atoms with Gasteiger partial charge in [0.2, 0.25) is 0 Å². The van der Waals surface area contributed by atoms with Gasteiger partial charge in [-0.25, -0.2) is 0 Å². The second-order valence-corrected chi connectivity index (χ2v) is 5.08. The first-order valence-corrected chi connectivity index (χ1v) is 6.49. The molecule has 0 unspecified atom stereocenters. The summed E-state index contributed by atoms with van der Waals surface area (Å²) in [6, 6.07) is 14.8. The van der Waals surface area contributed by atoms with Crippen molar-refractivity contribution < 1.29 is 4.74 Å². The predicted octanol–water partition coefficient (Wildman–Crippen LogP) is 3.73. The standard InChI is InChI=1S/C17H21NO/c1-13-10-15(12-18(2)3)17(19-4)11-16(13)14-8-6-5-7-9-14/h5-11H,12H2,1-4H3. The Hall–Kier alpha value is -1.80. The lowest BCUT2D eigenvalue weighted by Crippen LogP contribution is -2.12. The van der Waals surface area contributed by atoms with Gasteiger partial charge in [-0.15, -0.1) is 0 Å². The Labute approximate surface area is 115 Å². The minimum absolute atomic E-state index is 0.888. The Balaban J connectivity index is 2.48. The van der Waals surface area contributed by atoms with Crippen molar-refractivity contribution in [3.05, 3.63) is 53.6 Å². The van der Waals surface area contributed by atoms with E-state index in [2.05, 4.69) is 62.3 Å². The third-order valence-electron chi connectivity index (χ3n) is 3.20. The zero-order valence-corrected chi connectivity index (χ0v) is 12.1. The molecule has 0 heterocycles. The van der Waals surface area contributed by atoms with Crippen molar-refractivity contribution in [2.45, 2.75) is 13.5 Å². The first-order chi connectivity index (χ1) is 9.11. The number of rotatable bonds is 4. The van der Waals surface area contributed by atoms with E-state index >= 15 is 0 Å². The van der Waals surface area contributed by atoms with Crippen LogP contribution in [0.4, 0.5) is 0 Å². The Morgan fingerprint density at radius 2 is 1.74 bits per heavy atom. The maximum Gasteiger partial charge on any atom is 0.123 e. The third-order valence-corrected chi connectivity index (χ3v) is 3.20. The Morgan fingerprint density at radius 3 is 2.32 bits per heavy atom. The van der Waals surface area contributed by atoms with E-state index in [0.29, 0.717) is 0 Å². The average molecular weight is 255 g/mol. The molecule has 0 saturated carbocycles. The van der Waals surface area contributed by atoms with Crippen LogP contribution in [0.25, 0.3) is 11.1 Å². The van der Waals surface area contributed by atoms with Crippen LogP contribution < -0.4 is 4.74 Å². The van der Waals surface area contributed by atoms with Crippen molar-refractivity contribution in [2.24, 2.45) is 0 Å². The molecule has 100 valence electrons. The number of ether oxygens (including phenoxy) is 1. The number of nitrogens with zero attached hydrogens (tertiary/aromatic N) is 1. The van der Waals surface area contributed by atoms with E-state index in [4.69, 9.17) is 4.74 Å². The zero-order valence-electron chi connectivity index (χ0n) is 12.1. The van der Waals surface area contributed by atoms with Crippen LogP contribution in [0.2, 0.25) is 0 Å². The first-order valence-electron chi connectivity index (χ1n) is 6.49. The van der Waals surface area contributed by atoms with Crippen molar-refractivity contribution in [3.63, 3.8) is 0 Å². The molecule has 0 aliphatic heterocycles. The molecule has 0 fully saturated rings. The Kier molecular flexibility index (Phi) is 4.23. The summed E-state index contributed by atoms with van der Waals surface area (Å²) in [6.07, 6.45) is 0. The summed E-state index contributed by atoms with van der Waals surface area (Å²) in [5.41, 5.74) is 4.98. The average Bonchev–Trinajstić information content (AvgIpc) is 2.39. The van der Waals surface area contributed by atoms with Crippen LogP contribution in [0, 0.1) is 6.92 Å². The smallest absolute Gasteiger partial charge is 0.123 e. The summed E-state index contributed by atoms with van der Waals surface area (Å²) in [7, 11) is 5.87. The van der Waals surface area contributed by atoms with Crippen molar-refractivity contribution in [3.8, 4) is 16.9 Å². The molecule has 2 aromatic carbocycles. The van der Waals surface area contributed by atoms with E-state index in [9.17, 15) is 0 Å². The number of hydrogen-bond donors (Lipinski definition) is 0. The lowest BCUT2D eigenvalue weighted by molar-refractivity contribution is 0.372. The summed E-state index contributed by atoms with van der Waals surface area (Å²) in [5, 5.41) is 0. The highest BCUT2D eigenvalue weighted by molar-refractivity contribution is 5.69. The van der Waals surface area contributed by atoms with Gasteiger partial charge >= 0.3 is 0 Å². The molecular formula is C17H21NO. The van der Waals surface area contributed by atoms with E-state index in [1.54, 1.807) is 7.11 Å². The summed E-state index contributed by atoms with van der Waals surface area (Å²) >= 11 is 0. The van der Waals surface area contributed by atoms with Gasteiger partial charge in [-0.05, 0) is 43.8 Å². The molecule has 2 aromatic rings. The van der Waals surface area contributed by atoms with Crippen molar-refractivity contribution in [1.82, 2.24) is 4.90 Å². The Morgan fingerprint density at radius 1 is 1.05 bits per heavy atom. The van der Waals surface area contributed by atoms with E-state index in [-0.39, 0.29) is 0 Å². The van der Waals surface area contributed by atoms with Crippen molar-refractivity contribution in [2.75, 3.05) is 21.2 Å². The maximum atomic E-state index is 5.54. The lowest BCUT2D eigenvalue weighted by Gasteiger charge is -2.17. The van der Waals surface area contributed by atoms with Gasteiger partial charge in [-0.2, -0.15) is 0 Å². The highest BCUT2D eigenvalue weighted by Crippen LogP contribution is 2.31. The topological polar surface area (TPSA) is 12.5 Å². The second-order valence-electron chi connectivity index (χ2n) is 5.08. The van der Waals surface area contributed by atoms with Gasteiger partial charge in [0.05, 0.1) is 7.11 Å². The number of hydrogen-bond acceptors (Lipinski definition) is 2. The highest BCUT2D eigenvalue weighted by Gasteiger charge is 2.10. The monoisotopic (exact) mass is 255 g/mol. The quantitative estimate of drug-likeness (QED) is 0.825. The van der Waals surface area contributed by atoms with Gasteiger partial charge in [0.15, 0.2) is 0 Å². The van der Waals surface area contributed by atoms with Crippen molar-refractivity contribution in [1.29, 1.82) is 0 Å². The fraction of sp³-hybridized carbons (Fsp3) is 0.294. The minimum atomic E-state index is 0.888. The molecule has 0 bridgehead atoms. The molecular weight excluding hydrogens is 234 g/mol. The summed E-state index contributed by atoms with van der Waals surface area (Å²) in [5.74, 6) is 0.957. The molecule has 0 spiro atoms. The normalized spacial score (nSPS) is 10.8. The van der Waals surface area contributed by atoms with E-state index in [0.717, 1.165) is 12.3 Å². The van der Waals surface area contributed by atoms with Gasteiger partial charge in [-0.1, -0.05) is 36.4 Å². The lowest BCUT2D eigenvalue weighted by atomic mass is 9.97. The fourth-order valence-corrected chi connectivity index (χ4v) is 2.33. The molecule has 2 rings (SSSR count). The second kappa shape index (κ2) is 5.89. The molecule has 0 atom stereocenters. The van der Waals surface area contributed by atoms with Crippen LogP contribution in [0.5, 0.6) is 5.75 Å². The fourth-order valence-electron chi connectivity index (χ4n) is 2.33. The van der Waals surface area contributed by atoms with Gasteiger partial charge in [0, 0.05) is 12.1 Å². The predicted molar refractivity (Wildman–Crippen MR) is 80.6 cm³/mol. The summed E-state index contributed by atoms with van der Waals surface area (Å²) < 4.78 is 5.54. The van der Waals surface area contributed by atoms with E-state index < -0.39 is 0 Å². The number of methoxy groups -OCH3 is 1. The van der Waals surface area contributed by atoms with Gasteiger partial charge in [0.1, 0.15) is 5.75 Å². The van der Waals surface area contributed by atoms with Crippen LogP contribution in [-0.4, -0.2) is 26.1 Å². The van der Waals surface area contributed by atoms with E-state index in [1.807, 2.05) is 6.07 Å². The van der Waals surface area contributed by atoms with Crippen LogP contribution in [0.3, 0.4) is 0 Å². The number of aryl methyl sites for hydroxylation is 1. The summed E-state index contributed by atoms with van der Waals surface area (Å²) in [4.78, 5) is 2.15. The molecule has 19 heavy (non-hydrogen) atoms. The van der Waals surface area contributed by atoms with Crippen LogP contribution >= 0.6 is 0 Å². The molecule has 0 aliphatic rings. The number of benzene rings is 2. The highest BCUT2D eigenvalue weighted by atomic mass is 16.5. The SMILES string of the molecule is COc1cc(-c2ccccc2)c(C)cc1CN(C)C. The molecule has 0 aliphatic carbocycles. The van der Waals surface area contributed by atoms with Crippen LogP contribution in [0.15, 0.2) is 42.5 Å². The molecule has 0 amide bonds. The third kappa shape index (κ3) is 3.15. The van der Waals surface area contributed by atoms with Gasteiger partial charge in [0.25, 0.3) is 0 Å². The van der Waals surface area contributed by atoms with Gasteiger partial charge < -0.3 is 9.64 Å². The molecule has 0 saturated heterocycles. The Bertz CT molecular complexity index is 547. The largest absolute Gasteiger partial charge is 0.496 e. The van der Waals surface area contributed by atoms with E-state index in [1.165, 1.54) is 22.3 Å². The molecule has 0 N–H and O–H groups in total. The first kappa shape index (κ1) is 13.6. The summed E-state index contributed by atoms with van der Waals surface area (Å²) in [6.45, 7) is 3.04. The zero-order chi connectivity index (χ0) is 13.8. The van der Waals surface area contributed by atoms with Crippen molar-refractivity contribution >= 4 is 0 Å². The molecule has 2 nitrogen and oxygen atoms in total. The molecule has 0 radical (unpaired) electrons. The van der Waals surface area contributed by atoms with Crippen LogP contribution in [-0.2, 0) is 6.54 Å². The molecule has 2 heteroatoms. The maximum absolute atomic E-state index is 5.54. The molecule has 0 aromatic heterocycles. The van der Waals surface area contributed by atoms with Gasteiger partial charge in [-0.3, -0.25) is 0 Å². The van der Waals surface area contributed by atoms with Crippen LogP contribution in [0.1, 0.15) is 11.1 Å².